The maximum atomic E-state index is 6.10. The van der Waals surface area contributed by atoms with E-state index in [1.54, 1.807) is 0 Å². The normalized spacial score (nSPS) is 49.7. The van der Waals surface area contributed by atoms with Gasteiger partial charge in [0.2, 0.25) is 0 Å². The molecule has 2 heteroatoms. The Hall–Kier alpha value is -0.0800. The summed E-state index contributed by atoms with van der Waals surface area (Å²) in [5, 5.41) is 3.43. The molecular formula is C7H14N2. The van der Waals surface area contributed by atoms with Crippen LogP contribution in [-0.2, 0) is 0 Å². The van der Waals surface area contributed by atoms with Crippen molar-refractivity contribution < 1.29 is 0 Å². The van der Waals surface area contributed by atoms with Crippen molar-refractivity contribution in [3.8, 4) is 0 Å². The van der Waals surface area contributed by atoms with Gasteiger partial charge in [-0.15, -0.1) is 0 Å². The molecule has 2 nitrogen and oxygen atoms in total. The minimum atomic E-state index is 0.194. The molecule has 2 atom stereocenters. The van der Waals surface area contributed by atoms with Gasteiger partial charge in [0.05, 0.1) is 0 Å². The quantitative estimate of drug-likeness (QED) is 0.487. The summed E-state index contributed by atoms with van der Waals surface area (Å²) in [4.78, 5) is 0. The van der Waals surface area contributed by atoms with Gasteiger partial charge >= 0.3 is 0 Å². The Morgan fingerprint density at radius 2 is 2.33 bits per heavy atom. The van der Waals surface area contributed by atoms with Gasteiger partial charge in [0.1, 0.15) is 0 Å². The molecule has 1 saturated carbocycles. The highest BCUT2D eigenvalue weighted by Gasteiger charge is 2.42. The van der Waals surface area contributed by atoms with E-state index in [1.165, 1.54) is 25.7 Å². The average molecular weight is 126 g/mol. The first kappa shape index (κ1) is 5.69. The minimum absolute atomic E-state index is 0.194. The van der Waals surface area contributed by atoms with Crippen LogP contribution in [-0.4, -0.2) is 18.1 Å². The highest BCUT2D eigenvalue weighted by atomic mass is 15.0. The van der Waals surface area contributed by atoms with Crippen molar-refractivity contribution in [3.05, 3.63) is 0 Å². The molecular weight excluding hydrogens is 112 g/mol. The molecule has 0 spiro atoms. The fourth-order valence-electron chi connectivity index (χ4n) is 2.18. The monoisotopic (exact) mass is 126 g/mol. The predicted octanol–water partition coefficient (Wildman–Crippen LogP) is 0.230. The van der Waals surface area contributed by atoms with E-state index in [0.29, 0.717) is 6.04 Å². The third-order valence-electron chi connectivity index (χ3n) is 2.81. The summed E-state index contributed by atoms with van der Waals surface area (Å²) in [5.74, 6) is 0. The van der Waals surface area contributed by atoms with Crippen LogP contribution in [0.15, 0.2) is 0 Å². The van der Waals surface area contributed by atoms with Crippen LogP contribution in [0.5, 0.6) is 0 Å². The summed E-state index contributed by atoms with van der Waals surface area (Å²) in [7, 11) is 0. The molecule has 1 aliphatic heterocycles. The Kier molecular flexibility index (Phi) is 1.08. The van der Waals surface area contributed by atoms with Crippen molar-refractivity contribution in [3.63, 3.8) is 0 Å². The zero-order valence-corrected chi connectivity index (χ0v) is 5.69. The van der Waals surface area contributed by atoms with Crippen LogP contribution in [0.1, 0.15) is 25.7 Å². The Balaban J connectivity index is 2.17. The first-order valence-electron chi connectivity index (χ1n) is 3.83. The topological polar surface area (TPSA) is 38.0 Å². The highest BCUT2D eigenvalue weighted by Crippen LogP contribution is 2.33. The highest BCUT2D eigenvalue weighted by molar-refractivity contribution is 5.05. The number of rotatable bonds is 0. The molecule has 0 radical (unpaired) electrons. The van der Waals surface area contributed by atoms with Crippen LogP contribution in [0.4, 0.5) is 0 Å². The van der Waals surface area contributed by atoms with Gasteiger partial charge in [-0.05, 0) is 32.2 Å². The molecule has 3 N–H and O–H groups in total. The number of nitrogens with two attached hydrogens (primary N) is 1. The van der Waals surface area contributed by atoms with Crippen molar-refractivity contribution in [2.24, 2.45) is 5.73 Å². The molecule has 0 bridgehead atoms. The summed E-state index contributed by atoms with van der Waals surface area (Å²) in [6, 6.07) is 0.650. The van der Waals surface area contributed by atoms with Crippen LogP contribution in [0.25, 0.3) is 0 Å². The fourth-order valence-corrected chi connectivity index (χ4v) is 2.18. The second-order valence-corrected chi connectivity index (χ2v) is 3.38. The van der Waals surface area contributed by atoms with Crippen LogP contribution in [0, 0.1) is 0 Å². The maximum absolute atomic E-state index is 6.10. The Morgan fingerprint density at radius 3 is 3.11 bits per heavy atom. The lowest BCUT2D eigenvalue weighted by molar-refractivity contribution is 0.422. The Labute approximate surface area is 55.8 Å². The molecule has 0 aromatic carbocycles. The Morgan fingerprint density at radius 1 is 1.44 bits per heavy atom. The van der Waals surface area contributed by atoms with Gasteiger partial charge < -0.3 is 11.1 Å². The molecule has 0 aromatic heterocycles. The summed E-state index contributed by atoms with van der Waals surface area (Å²) in [6.07, 6.45) is 5.06. The molecule has 2 aliphatic rings. The van der Waals surface area contributed by atoms with Crippen molar-refractivity contribution in [1.82, 2.24) is 5.32 Å². The molecule has 1 aliphatic carbocycles. The molecule has 0 aromatic rings. The van der Waals surface area contributed by atoms with E-state index in [2.05, 4.69) is 5.32 Å². The molecule has 52 valence electrons. The van der Waals surface area contributed by atoms with E-state index in [-0.39, 0.29) is 5.54 Å². The molecule has 0 amide bonds. The lowest BCUT2D eigenvalue weighted by atomic mass is 9.95. The third kappa shape index (κ3) is 0.700. The molecule has 9 heavy (non-hydrogen) atoms. The first-order chi connectivity index (χ1) is 4.31. The van der Waals surface area contributed by atoms with Crippen molar-refractivity contribution in [2.75, 3.05) is 6.54 Å². The van der Waals surface area contributed by atoms with Crippen LogP contribution < -0.4 is 11.1 Å². The Bertz CT molecular complexity index is 112. The SMILES string of the molecule is N[C@]12CCC[C@H]1NCC2. The average Bonchev–Trinajstić information content (AvgIpc) is 2.22. The number of hydrogen-bond donors (Lipinski definition) is 2. The van der Waals surface area contributed by atoms with Gasteiger partial charge in [-0.2, -0.15) is 0 Å². The number of fused-ring (bicyclic) bond motifs is 1. The minimum Gasteiger partial charge on any atom is -0.324 e. The van der Waals surface area contributed by atoms with E-state index in [9.17, 15) is 0 Å². The number of hydrogen-bond acceptors (Lipinski definition) is 2. The second-order valence-electron chi connectivity index (χ2n) is 3.38. The van der Waals surface area contributed by atoms with E-state index in [0.717, 1.165) is 6.54 Å². The van der Waals surface area contributed by atoms with E-state index in [1.807, 2.05) is 0 Å². The smallest absolute Gasteiger partial charge is 0.0322 e. The standard InChI is InChI=1S/C7H14N2/c8-7-3-1-2-6(7)9-5-4-7/h6,9H,1-5,8H2/t6-,7+/m1/s1. The molecule has 0 unspecified atom stereocenters. The molecule has 1 heterocycles. The lowest BCUT2D eigenvalue weighted by Gasteiger charge is -2.22. The van der Waals surface area contributed by atoms with Gasteiger partial charge in [-0.1, -0.05) is 0 Å². The predicted molar refractivity (Wildman–Crippen MR) is 37.2 cm³/mol. The maximum Gasteiger partial charge on any atom is 0.0322 e. The fraction of sp³-hybridized carbons (Fsp3) is 1.00. The summed E-state index contributed by atoms with van der Waals surface area (Å²) in [5.41, 5.74) is 6.30. The van der Waals surface area contributed by atoms with Gasteiger partial charge in [0.15, 0.2) is 0 Å². The molecule has 2 fully saturated rings. The number of nitrogens with one attached hydrogen (secondary N) is 1. The van der Waals surface area contributed by atoms with Crippen LogP contribution >= 0.6 is 0 Å². The van der Waals surface area contributed by atoms with E-state index < -0.39 is 0 Å². The van der Waals surface area contributed by atoms with Crippen molar-refractivity contribution >= 4 is 0 Å². The van der Waals surface area contributed by atoms with Crippen LogP contribution in [0.2, 0.25) is 0 Å². The third-order valence-corrected chi connectivity index (χ3v) is 2.81. The van der Waals surface area contributed by atoms with Crippen molar-refractivity contribution in [2.45, 2.75) is 37.3 Å². The van der Waals surface area contributed by atoms with E-state index >= 15 is 0 Å². The second kappa shape index (κ2) is 1.70. The van der Waals surface area contributed by atoms with Gasteiger partial charge in [-0.25, -0.2) is 0 Å². The van der Waals surface area contributed by atoms with Gasteiger partial charge in [0.25, 0.3) is 0 Å². The van der Waals surface area contributed by atoms with Gasteiger partial charge in [-0.3, -0.25) is 0 Å². The zero-order valence-electron chi connectivity index (χ0n) is 5.69. The van der Waals surface area contributed by atoms with Crippen molar-refractivity contribution in [1.29, 1.82) is 0 Å². The van der Waals surface area contributed by atoms with Gasteiger partial charge in [0, 0.05) is 11.6 Å². The lowest BCUT2D eigenvalue weighted by Crippen LogP contribution is -2.45. The molecule has 2 rings (SSSR count). The largest absolute Gasteiger partial charge is 0.324 e. The molecule has 1 saturated heterocycles. The van der Waals surface area contributed by atoms with E-state index in [4.69, 9.17) is 5.73 Å². The van der Waals surface area contributed by atoms with Crippen LogP contribution in [0.3, 0.4) is 0 Å². The first-order valence-corrected chi connectivity index (χ1v) is 3.83. The summed E-state index contributed by atoms with van der Waals surface area (Å²) < 4.78 is 0. The summed E-state index contributed by atoms with van der Waals surface area (Å²) >= 11 is 0. The zero-order chi connectivity index (χ0) is 6.32. The summed E-state index contributed by atoms with van der Waals surface area (Å²) in [6.45, 7) is 1.14.